The molecular weight excluding hydrogens is 348 g/mol. The maximum atomic E-state index is 12.7. The highest BCUT2D eigenvalue weighted by Crippen LogP contribution is 2.24. The first kappa shape index (κ1) is 18.8. The number of anilines is 1. The van der Waals surface area contributed by atoms with E-state index in [1.165, 1.54) is 4.90 Å². The average Bonchev–Trinajstić information content (AvgIpc) is 3.20. The summed E-state index contributed by atoms with van der Waals surface area (Å²) < 4.78 is 7.21. The number of amides is 3. The Bertz CT molecular complexity index is 855. The van der Waals surface area contributed by atoms with Crippen LogP contribution in [-0.4, -0.2) is 55.5 Å². The molecule has 3 rings (SSSR count). The van der Waals surface area contributed by atoms with Gasteiger partial charge in [-0.3, -0.25) is 4.90 Å². The maximum absolute atomic E-state index is 12.7. The summed E-state index contributed by atoms with van der Waals surface area (Å²) >= 11 is 0. The standard InChI is InChI=1S/C18H24N6O3/c1-12(2)24-11-19-21-15(24)13-7-6-8-14(20-13)22-9-10-23(16(22)25)17(26)27-18(3,4)5/h6-8,11-12H,9-10H2,1-5H3. The van der Waals surface area contributed by atoms with E-state index >= 15 is 0 Å². The molecular formula is C18H24N6O3. The van der Waals surface area contributed by atoms with Gasteiger partial charge in [0.05, 0.1) is 6.54 Å². The molecule has 0 spiro atoms. The van der Waals surface area contributed by atoms with Gasteiger partial charge in [-0.2, -0.15) is 0 Å². The third kappa shape index (κ3) is 3.91. The van der Waals surface area contributed by atoms with Crippen molar-refractivity contribution in [1.82, 2.24) is 24.6 Å². The van der Waals surface area contributed by atoms with Crippen molar-refractivity contribution in [3.63, 3.8) is 0 Å². The van der Waals surface area contributed by atoms with Crippen LogP contribution in [0.15, 0.2) is 24.5 Å². The van der Waals surface area contributed by atoms with Gasteiger partial charge in [0.1, 0.15) is 23.4 Å². The van der Waals surface area contributed by atoms with Crippen LogP contribution in [0.3, 0.4) is 0 Å². The molecule has 1 aliphatic heterocycles. The number of imide groups is 1. The molecule has 3 heterocycles. The molecule has 0 saturated carbocycles. The minimum absolute atomic E-state index is 0.177. The highest BCUT2D eigenvalue weighted by atomic mass is 16.6. The number of urea groups is 1. The van der Waals surface area contributed by atoms with Gasteiger partial charge in [0, 0.05) is 12.6 Å². The molecule has 9 heteroatoms. The van der Waals surface area contributed by atoms with Crippen molar-refractivity contribution in [3.8, 4) is 11.5 Å². The van der Waals surface area contributed by atoms with Crippen LogP contribution in [0.2, 0.25) is 0 Å². The minimum atomic E-state index is -0.663. The monoisotopic (exact) mass is 372 g/mol. The molecule has 27 heavy (non-hydrogen) atoms. The molecule has 2 aromatic heterocycles. The Labute approximate surface area is 157 Å². The summed E-state index contributed by atoms with van der Waals surface area (Å²) in [6.07, 6.45) is 1.00. The first-order valence-corrected chi connectivity index (χ1v) is 8.86. The van der Waals surface area contributed by atoms with Crippen LogP contribution in [0.25, 0.3) is 11.5 Å². The lowest BCUT2D eigenvalue weighted by Gasteiger charge is -2.23. The fourth-order valence-electron chi connectivity index (χ4n) is 2.74. The molecule has 2 aromatic rings. The van der Waals surface area contributed by atoms with Crippen molar-refractivity contribution < 1.29 is 14.3 Å². The lowest BCUT2D eigenvalue weighted by Crippen LogP contribution is -2.40. The molecule has 9 nitrogen and oxygen atoms in total. The van der Waals surface area contributed by atoms with Crippen molar-refractivity contribution in [2.75, 3.05) is 18.0 Å². The highest BCUT2D eigenvalue weighted by molar-refractivity contribution is 6.02. The zero-order valence-electron chi connectivity index (χ0n) is 16.2. The Balaban J connectivity index is 1.83. The first-order chi connectivity index (χ1) is 12.7. The van der Waals surface area contributed by atoms with Crippen LogP contribution < -0.4 is 4.90 Å². The number of pyridine rings is 1. The molecule has 1 fully saturated rings. The molecule has 0 unspecified atom stereocenters. The first-order valence-electron chi connectivity index (χ1n) is 8.86. The molecule has 0 aliphatic carbocycles. The molecule has 3 amide bonds. The largest absolute Gasteiger partial charge is 0.443 e. The van der Waals surface area contributed by atoms with Gasteiger partial charge in [0.25, 0.3) is 0 Å². The summed E-state index contributed by atoms with van der Waals surface area (Å²) in [5.74, 6) is 1.09. The van der Waals surface area contributed by atoms with E-state index in [1.54, 1.807) is 39.2 Å². The van der Waals surface area contributed by atoms with E-state index in [2.05, 4.69) is 15.2 Å². The van der Waals surface area contributed by atoms with Crippen molar-refractivity contribution in [3.05, 3.63) is 24.5 Å². The van der Waals surface area contributed by atoms with Gasteiger partial charge in [-0.1, -0.05) is 6.07 Å². The summed E-state index contributed by atoms with van der Waals surface area (Å²) in [7, 11) is 0. The lowest BCUT2D eigenvalue weighted by atomic mass is 10.2. The second kappa shape index (κ2) is 6.98. The summed E-state index contributed by atoms with van der Waals surface area (Å²) in [6, 6.07) is 5.09. The number of carbonyl (C=O) groups is 2. The van der Waals surface area contributed by atoms with Crippen molar-refractivity contribution in [2.24, 2.45) is 0 Å². The summed E-state index contributed by atoms with van der Waals surface area (Å²) in [4.78, 5) is 32.0. The lowest BCUT2D eigenvalue weighted by molar-refractivity contribution is 0.0354. The van der Waals surface area contributed by atoms with Gasteiger partial charge < -0.3 is 9.30 Å². The quantitative estimate of drug-likeness (QED) is 0.822. The van der Waals surface area contributed by atoms with E-state index in [0.717, 1.165) is 4.90 Å². The molecule has 1 saturated heterocycles. The topological polar surface area (TPSA) is 93.5 Å². The Kier molecular flexibility index (Phi) is 4.86. The predicted octanol–water partition coefficient (Wildman–Crippen LogP) is 3.10. The van der Waals surface area contributed by atoms with Gasteiger partial charge >= 0.3 is 12.1 Å². The number of hydrogen-bond donors (Lipinski definition) is 0. The highest BCUT2D eigenvalue weighted by Gasteiger charge is 2.37. The van der Waals surface area contributed by atoms with Crippen LogP contribution in [-0.2, 0) is 4.74 Å². The Hall–Kier alpha value is -2.97. The van der Waals surface area contributed by atoms with E-state index in [0.29, 0.717) is 23.9 Å². The molecule has 1 aliphatic rings. The van der Waals surface area contributed by atoms with Gasteiger partial charge in [-0.15, -0.1) is 10.2 Å². The fourth-order valence-corrected chi connectivity index (χ4v) is 2.74. The van der Waals surface area contributed by atoms with Crippen molar-refractivity contribution in [1.29, 1.82) is 0 Å². The average molecular weight is 372 g/mol. The number of ether oxygens (including phenoxy) is 1. The molecule has 0 atom stereocenters. The number of carbonyl (C=O) groups excluding carboxylic acids is 2. The van der Waals surface area contributed by atoms with E-state index in [4.69, 9.17) is 4.74 Å². The Morgan fingerprint density at radius 2 is 1.96 bits per heavy atom. The van der Waals surface area contributed by atoms with E-state index in [1.807, 2.05) is 24.5 Å². The van der Waals surface area contributed by atoms with Crippen molar-refractivity contribution in [2.45, 2.75) is 46.3 Å². The Morgan fingerprint density at radius 3 is 2.63 bits per heavy atom. The number of rotatable bonds is 3. The molecule has 0 aromatic carbocycles. The summed E-state index contributed by atoms with van der Waals surface area (Å²) in [5.41, 5.74) is -0.0497. The van der Waals surface area contributed by atoms with Crippen LogP contribution in [0.1, 0.15) is 40.7 Å². The summed E-state index contributed by atoms with van der Waals surface area (Å²) in [6.45, 7) is 9.95. The number of hydrogen-bond acceptors (Lipinski definition) is 6. The smallest absolute Gasteiger partial charge is 0.418 e. The normalized spacial score (nSPS) is 15.0. The van der Waals surface area contributed by atoms with Crippen LogP contribution in [0.4, 0.5) is 15.4 Å². The van der Waals surface area contributed by atoms with Crippen molar-refractivity contribution >= 4 is 17.9 Å². The van der Waals surface area contributed by atoms with E-state index in [9.17, 15) is 9.59 Å². The summed E-state index contributed by atoms with van der Waals surface area (Å²) in [5, 5.41) is 8.09. The SMILES string of the molecule is CC(C)n1cnnc1-c1cccc(N2CCN(C(=O)OC(C)(C)C)C2=O)n1. The van der Waals surface area contributed by atoms with E-state index in [-0.39, 0.29) is 12.6 Å². The second-order valence-corrected chi connectivity index (χ2v) is 7.60. The van der Waals surface area contributed by atoms with Gasteiger partial charge in [-0.25, -0.2) is 19.5 Å². The zero-order chi connectivity index (χ0) is 19.8. The zero-order valence-corrected chi connectivity index (χ0v) is 16.2. The fraction of sp³-hybridized carbons (Fsp3) is 0.500. The molecule has 0 radical (unpaired) electrons. The second-order valence-electron chi connectivity index (χ2n) is 7.60. The predicted molar refractivity (Wildman–Crippen MR) is 99.3 cm³/mol. The molecule has 0 bridgehead atoms. The van der Waals surface area contributed by atoms with E-state index < -0.39 is 17.7 Å². The molecule has 0 N–H and O–H groups in total. The van der Waals surface area contributed by atoms with Crippen LogP contribution in [0, 0.1) is 0 Å². The van der Waals surface area contributed by atoms with Gasteiger partial charge in [0.15, 0.2) is 5.82 Å². The van der Waals surface area contributed by atoms with Gasteiger partial charge in [-0.05, 0) is 46.8 Å². The minimum Gasteiger partial charge on any atom is -0.443 e. The third-order valence-electron chi connectivity index (χ3n) is 3.99. The molecule has 144 valence electrons. The van der Waals surface area contributed by atoms with Crippen LogP contribution >= 0.6 is 0 Å². The van der Waals surface area contributed by atoms with Crippen LogP contribution in [0.5, 0.6) is 0 Å². The van der Waals surface area contributed by atoms with Gasteiger partial charge in [0.2, 0.25) is 0 Å². The third-order valence-corrected chi connectivity index (χ3v) is 3.99. The Morgan fingerprint density at radius 1 is 1.22 bits per heavy atom. The maximum Gasteiger partial charge on any atom is 0.418 e. The number of aromatic nitrogens is 4. The number of nitrogens with zero attached hydrogens (tertiary/aromatic N) is 6.